The summed E-state index contributed by atoms with van der Waals surface area (Å²) in [5.74, 6) is -3.60. The van der Waals surface area contributed by atoms with Gasteiger partial charge in [0.05, 0.1) is 13.2 Å². The first-order valence-electron chi connectivity index (χ1n) is 12.7. The molecule has 4 aromatic rings. The lowest BCUT2D eigenvalue weighted by Crippen LogP contribution is -2.52. The first kappa shape index (κ1) is 26.9. The van der Waals surface area contributed by atoms with E-state index in [0.717, 1.165) is 18.9 Å². The van der Waals surface area contributed by atoms with Crippen molar-refractivity contribution in [2.24, 2.45) is 0 Å². The van der Waals surface area contributed by atoms with Crippen LogP contribution >= 0.6 is 0 Å². The molecule has 1 aliphatic heterocycles. The third-order valence-electron chi connectivity index (χ3n) is 6.88. The monoisotopic (exact) mass is 579 g/mol. The third kappa shape index (κ3) is 5.80. The zero-order valence-corrected chi connectivity index (χ0v) is 21.2. The average molecular weight is 579 g/mol. The lowest BCUT2D eigenvalue weighted by atomic mass is 10.0. The molecule has 2 aliphatic rings. The number of piperidine rings is 1. The van der Waals surface area contributed by atoms with E-state index in [4.69, 9.17) is 9.26 Å². The molecule has 3 aromatic heterocycles. The van der Waals surface area contributed by atoms with Crippen LogP contribution in [0.4, 0.5) is 27.8 Å². The fourth-order valence-corrected chi connectivity index (χ4v) is 4.79. The van der Waals surface area contributed by atoms with E-state index in [1.54, 1.807) is 6.07 Å². The highest BCUT2D eigenvalue weighted by Crippen LogP contribution is 2.46. The van der Waals surface area contributed by atoms with Gasteiger partial charge in [-0.25, -0.2) is 18.6 Å². The van der Waals surface area contributed by atoms with Crippen molar-refractivity contribution >= 4 is 5.82 Å². The van der Waals surface area contributed by atoms with Gasteiger partial charge in [0.25, 0.3) is 5.92 Å². The summed E-state index contributed by atoms with van der Waals surface area (Å²) in [7, 11) is 0. The number of halogens is 5. The van der Waals surface area contributed by atoms with Crippen LogP contribution in [0, 0.1) is 0 Å². The summed E-state index contributed by atoms with van der Waals surface area (Å²) in [6.45, 7) is -0.783. The van der Waals surface area contributed by atoms with Gasteiger partial charge in [0.1, 0.15) is 29.1 Å². The van der Waals surface area contributed by atoms with Crippen LogP contribution in [-0.2, 0) is 11.3 Å². The molecule has 10 nitrogen and oxygen atoms in total. The van der Waals surface area contributed by atoms with Crippen molar-refractivity contribution in [2.45, 2.75) is 50.2 Å². The molecule has 1 aliphatic carbocycles. The molecule has 15 heteroatoms. The van der Waals surface area contributed by atoms with Gasteiger partial charge in [-0.2, -0.15) is 0 Å². The van der Waals surface area contributed by atoms with Crippen LogP contribution in [0.2, 0.25) is 0 Å². The molecule has 1 aromatic carbocycles. The second kappa shape index (κ2) is 10.3. The first-order chi connectivity index (χ1) is 19.6. The number of H-pyrrole nitrogens is 1. The summed E-state index contributed by atoms with van der Waals surface area (Å²) in [4.78, 5) is 19.2. The Bertz CT molecular complexity index is 1580. The van der Waals surface area contributed by atoms with Crippen molar-refractivity contribution in [2.75, 3.05) is 18.0 Å². The number of hydrogen-bond donors (Lipinski definition) is 1. The number of aromatic nitrogens is 4. The Morgan fingerprint density at radius 3 is 2.54 bits per heavy atom. The number of pyridine rings is 1. The number of rotatable bonds is 8. The van der Waals surface area contributed by atoms with Gasteiger partial charge in [0.2, 0.25) is 0 Å². The Hall–Kier alpha value is -4.27. The lowest BCUT2D eigenvalue weighted by molar-refractivity contribution is -0.274. The Morgan fingerprint density at radius 2 is 1.88 bits per heavy atom. The van der Waals surface area contributed by atoms with Crippen LogP contribution in [0.25, 0.3) is 22.6 Å². The largest absolute Gasteiger partial charge is 0.573 e. The Labute approximate surface area is 228 Å². The summed E-state index contributed by atoms with van der Waals surface area (Å²) in [6, 6.07) is 8.55. The smallest absolute Gasteiger partial charge is 0.405 e. The molecule has 1 atom stereocenters. The number of alkyl halides is 5. The minimum atomic E-state index is -4.93. The maximum atomic E-state index is 15.3. The van der Waals surface area contributed by atoms with Gasteiger partial charge in [-0.1, -0.05) is 22.4 Å². The quantitative estimate of drug-likeness (QED) is 0.278. The summed E-state index contributed by atoms with van der Waals surface area (Å²) in [6.07, 6.45) is -3.48. The maximum absolute atomic E-state index is 15.3. The zero-order valence-electron chi connectivity index (χ0n) is 21.2. The van der Waals surface area contributed by atoms with E-state index in [2.05, 4.69) is 29.5 Å². The molecule has 41 heavy (non-hydrogen) atoms. The second-order valence-electron chi connectivity index (χ2n) is 9.81. The molecular weight excluding hydrogens is 557 g/mol. The second-order valence-corrected chi connectivity index (χ2v) is 9.81. The molecule has 0 radical (unpaired) electrons. The number of anilines is 1. The number of nitrogens with zero attached hydrogens (tertiary/aromatic N) is 4. The summed E-state index contributed by atoms with van der Waals surface area (Å²) in [5, 5.41) is 7.55. The lowest BCUT2D eigenvalue weighted by Gasteiger charge is -2.38. The van der Waals surface area contributed by atoms with Crippen LogP contribution in [0.3, 0.4) is 0 Å². The molecule has 6 rings (SSSR count). The fraction of sp³-hybridized carbons (Fsp3) is 0.385. The van der Waals surface area contributed by atoms with Gasteiger partial charge < -0.3 is 18.9 Å². The van der Waals surface area contributed by atoms with Gasteiger partial charge >= 0.3 is 12.1 Å². The predicted molar refractivity (Wildman–Crippen MR) is 131 cm³/mol. The topological polar surface area (TPSA) is 120 Å². The van der Waals surface area contributed by atoms with Gasteiger partial charge in [0, 0.05) is 35.3 Å². The average Bonchev–Trinajstić information content (AvgIpc) is 3.54. The van der Waals surface area contributed by atoms with E-state index in [9.17, 15) is 18.0 Å². The fourth-order valence-electron chi connectivity index (χ4n) is 4.79. The van der Waals surface area contributed by atoms with E-state index in [1.165, 1.54) is 35.4 Å². The van der Waals surface area contributed by atoms with Crippen LogP contribution in [0.1, 0.15) is 36.5 Å². The summed E-state index contributed by atoms with van der Waals surface area (Å²) in [5.41, 5.74) is 0.852. The zero-order chi connectivity index (χ0) is 28.8. The minimum Gasteiger partial charge on any atom is -0.405 e. The minimum absolute atomic E-state index is 0.00275. The molecule has 2 fully saturated rings. The predicted octanol–water partition coefficient (Wildman–Crippen LogP) is 5.29. The molecule has 1 saturated heterocycles. The van der Waals surface area contributed by atoms with Gasteiger partial charge in [-0.15, -0.1) is 13.2 Å². The molecule has 0 bridgehead atoms. The van der Waals surface area contributed by atoms with Crippen molar-refractivity contribution in [1.82, 2.24) is 20.3 Å². The highest BCUT2D eigenvalue weighted by molar-refractivity contribution is 5.70. The molecule has 1 N–H and O–H groups in total. The summed E-state index contributed by atoms with van der Waals surface area (Å²) >= 11 is 0. The SMILES string of the molecule is O=c1[nH]c(-c2ccc(N3CCC(OCc4c(-c5ccccc5OC(F)(F)F)noc4C4CC4)C(F)(F)C3)nc2)no1. The highest BCUT2D eigenvalue weighted by Gasteiger charge is 2.46. The van der Waals surface area contributed by atoms with E-state index in [-0.39, 0.29) is 42.6 Å². The van der Waals surface area contributed by atoms with Crippen molar-refractivity contribution in [1.29, 1.82) is 0 Å². The number of aromatic amines is 1. The highest BCUT2D eigenvalue weighted by atomic mass is 19.4. The van der Waals surface area contributed by atoms with Crippen molar-refractivity contribution in [3.8, 4) is 28.4 Å². The van der Waals surface area contributed by atoms with Gasteiger partial charge in [0.15, 0.2) is 5.82 Å². The van der Waals surface area contributed by atoms with Crippen molar-refractivity contribution in [3.05, 3.63) is 64.5 Å². The normalized spacial score (nSPS) is 19.0. The number of para-hydroxylation sites is 1. The van der Waals surface area contributed by atoms with E-state index in [0.29, 0.717) is 22.7 Å². The van der Waals surface area contributed by atoms with Crippen LogP contribution < -0.4 is 15.4 Å². The van der Waals surface area contributed by atoms with Gasteiger partial charge in [-0.3, -0.25) is 9.51 Å². The van der Waals surface area contributed by atoms with Crippen molar-refractivity contribution in [3.63, 3.8) is 0 Å². The van der Waals surface area contributed by atoms with Gasteiger partial charge in [-0.05, 0) is 43.5 Å². The molecular formula is C26H22F5N5O5. The van der Waals surface area contributed by atoms with Crippen LogP contribution in [0.15, 0.2) is 56.4 Å². The molecule has 1 saturated carbocycles. The molecule has 0 amide bonds. The Morgan fingerprint density at radius 1 is 1.07 bits per heavy atom. The number of benzene rings is 1. The Kier molecular flexibility index (Phi) is 6.76. The Balaban J connectivity index is 1.17. The maximum Gasteiger partial charge on any atom is 0.573 e. The van der Waals surface area contributed by atoms with Crippen molar-refractivity contribution < 1.29 is 40.5 Å². The standard InChI is InChI=1S/C26H22F5N5O5/c27-25(28)13-36(20-8-7-15(11-32-20)23-33-24(37)41-35-23)10-9-19(25)38-12-17-21(34-40-22(17)14-5-6-14)16-3-1-2-4-18(16)39-26(29,30)31/h1-4,7-8,11,14,19H,5-6,9-10,12-13H2,(H,33,35,37). The number of ether oxygens (including phenoxy) is 2. The number of hydrogen-bond acceptors (Lipinski definition) is 9. The van der Waals surface area contributed by atoms with E-state index in [1.807, 2.05) is 0 Å². The van der Waals surface area contributed by atoms with Crippen LogP contribution in [-0.4, -0.2) is 51.8 Å². The van der Waals surface area contributed by atoms with E-state index < -0.39 is 36.4 Å². The molecule has 0 spiro atoms. The number of nitrogens with one attached hydrogen (secondary N) is 1. The summed E-state index contributed by atoms with van der Waals surface area (Å²) < 4.78 is 89.4. The molecule has 216 valence electrons. The third-order valence-corrected chi connectivity index (χ3v) is 6.88. The molecule has 1 unspecified atom stereocenters. The van der Waals surface area contributed by atoms with E-state index >= 15 is 8.78 Å². The first-order valence-corrected chi connectivity index (χ1v) is 12.7. The molecule has 4 heterocycles. The van der Waals surface area contributed by atoms with Crippen LogP contribution in [0.5, 0.6) is 5.75 Å².